The fraction of sp³-hybridized carbons (Fsp3) is 0.700. The minimum Gasteiger partial charge on any atom is -0.326 e. The Morgan fingerprint density at radius 2 is 2.35 bits per heavy atom. The fourth-order valence-corrected chi connectivity index (χ4v) is 3.47. The lowest BCUT2D eigenvalue weighted by atomic mass is 9.81. The van der Waals surface area contributed by atoms with Crippen molar-refractivity contribution in [2.24, 2.45) is 11.7 Å². The molecule has 0 bridgehead atoms. The highest BCUT2D eigenvalue weighted by Gasteiger charge is 2.29. The third-order valence-corrected chi connectivity index (χ3v) is 4.94. The molecule has 0 spiro atoms. The first kappa shape index (κ1) is 12.5. The number of nitrogens with one attached hydrogen (secondary N) is 2. The van der Waals surface area contributed by atoms with Gasteiger partial charge in [0.2, 0.25) is 0 Å². The molecule has 96 valence electrons. The van der Waals surface area contributed by atoms with E-state index in [9.17, 15) is 8.42 Å². The predicted octanol–water partition coefficient (Wildman–Crippen LogP) is 0.335. The SMILES string of the molecule is CC(NS(=O)(=O)c1[nH]ncc1CN)C1CCC1. The molecule has 7 heteroatoms. The lowest BCUT2D eigenvalue weighted by molar-refractivity contribution is 0.260. The number of aromatic nitrogens is 2. The number of rotatable bonds is 5. The van der Waals surface area contributed by atoms with Crippen LogP contribution in [0.4, 0.5) is 0 Å². The van der Waals surface area contributed by atoms with Gasteiger partial charge in [0.15, 0.2) is 5.03 Å². The highest BCUT2D eigenvalue weighted by Crippen LogP contribution is 2.30. The molecule has 1 heterocycles. The van der Waals surface area contributed by atoms with E-state index in [-0.39, 0.29) is 17.6 Å². The van der Waals surface area contributed by atoms with Gasteiger partial charge in [-0.25, -0.2) is 13.1 Å². The lowest BCUT2D eigenvalue weighted by Gasteiger charge is -2.31. The number of nitrogens with two attached hydrogens (primary N) is 1. The van der Waals surface area contributed by atoms with E-state index in [1.54, 1.807) is 0 Å². The molecule has 0 aliphatic heterocycles. The molecule has 1 saturated carbocycles. The molecule has 1 fully saturated rings. The van der Waals surface area contributed by atoms with Gasteiger partial charge in [0, 0.05) is 18.2 Å². The molecule has 1 aromatic rings. The van der Waals surface area contributed by atoms with Crippen molar-refractivity contribution in [3.8, 4) is 0 Å². The number of hydrogen-bond acceptors (Lipinski definition) is 4. The van der Waals surface area contributed by atoms with E-state index in [1.807, 2.05) is 6.92 Å². The Morgan fingerprint density at radius 3 is 2.88 bits per heavy atom. The standard InChI is InChI=1S/C10H18N4O2S/c1-7(8-3-2-4-8)14-17(15,16)10-9(5-11)6-12-13-10/h6-8,14H,2-5,11H2,1H3,(H,12,13). The molecule has 1 unspecified atom stereocenters. The number of aromatic amines is 1. The van der Waals surface area contributed by atoms with Crippen LogP contribution >= 0.6 is 0 Å². The Morgan fingerprint density at radius 1 is 1.65 bits per heavy atom. The van der Waals surface area contributed by atoms with Crippen LogP contribution in [-0.4, -0.2) is 24.7 Å². The van der Waals surface area contributed by atoms with E-state index in [4.69, 9.17) is 5.73 Å². The maximum atomic E-state index is 12.1. The van der Waals surface area contributed by atoms with E-state index in [0.717, 1.165) is 12.8 Å². The zero-order valence-electron chi connectivity index (χ0n) is 9.81. The Balaban J connectivity index is 2.13. The molecule has 0 aromatic carbocycles. The summed E-state index contributed by atoms with van der Waals surface area (Å²) in [6.45, 7) is 2.06. The molecule has 6 nitrogen and oxygen atoms in total. The quantitative estimate of drug-likeness (QED) is 0.708. The second-order valence-corrected chi connectivity index (χ2v) is 6.18. The van der Waals surface area contributed by atoms with Crippen molar-refractivity contribution in [3.63, 3.8) is 0 Å². The van der Waals surface area contributed by atoms with Crippen LogP contribution in [0.25, 0.3) is 0 Å². The van der Waals surface area contributed by atoms with Gasteiger partial charge in [-0.2, -0.15) is 5.10 Å². The summed E-state index contributed by atoms with van der Waals surface area (Å²) in [7, 11) is -3.53. The number of nitrogens with zero attached hydrogens (tertiary/aromatic N) is 1. The van der Waals surface area contributed by atoms with Gasteiger partial charge in [-0.15, -0.1) is 0 Å². The van der Waals surface area contributed by atoms with Crippen LogP contribution < -0.4 is 10.5 Å². The van der Waals surface area contributed by atoms with Crippen molar-refractivity contribution in [1.82, 2.24) is 14.9 Å². The second kappa shape index (κ2) is 4.75. The zero-order valence-corrected chi connectivity index (χ0v) is 10.6. The van der Waals surface area contributed by atoms with Crippen LogP contribution in [0.5, 0.6) is 0 Å². The summed E-state index contributed by atoms with van der Waals surface area (Å²) >= 11 is 0. The van der Waals surface area contributed by atoms with Gasteiger partial charge in [0.1, 0.15) is 0 Å². The van der Waals surface area contributed by atoms with E-state index in [2.05, 4.69) is 14.9 Å². The lowest BCUT2D eigenvalue weighted by Crippen LogP contribution is -2.41. The summed E-state index contributed by atoms with van der Waals surface area (Å²) in [6, 6.07) is -0.0392. The molecule has 2 rings (SSSR count). The molecule has 0 saturated heterocycles. The maximum absolute atomic E-state index is 12.1. The largest absolute Gasteiger partial charge is 0.326 e. The van der Waals surface area contributed by atoms with Crippen LogP contribution in [0, 0.1) is 5.92 Å². The molecule has 1 atom stereocenters. The van der Waals surface area contributed by atoms with Gasteiger partial charge < -0.3 is 5.73 Å². The average Bonchev–Trinajstić information content (AvgIpc) is 2.61. The van der Waals surface area contributed by atoms with Gasteiger partial charge in [-0.3, -0.25) is 5.10 Å². The monoisotopic (exact) mass is 258 g/mol. The van der Waals surface area contributed by atoms with Crippen LogP contribution in [0.1, 0.15) is 31.7 Å². The predicted molar refractivity (Wildman–Crippen MR) is 63.6 cm³/mol. The average molecular weight is 258 g/mol. The second-order valence-electron chi connectivity index (χ2n) is 4.53. The topological polar surface area (TPSA) is 101 Å². The van der Waals surface area contributed by atoms with Gasteiger partial charge in [0.25, 0.3) is 10.0 Å². The van der Waals surface area contributed by atoms with Crippen LogP contribution in [0.3, 0.4) is 0 Å². The highest BCUT2D eigenvalue weighted by molar-refractivity contribution is 7.89. The molecule has 1 aliphatic rings. The van der Waals surface area contributed by atoms with E-state index in [1.165, 1.54) is 12.6 Å². The fourth-order valence-electron chi connectivity index (χ4n) is 2.02. The number of hydrogen-bond donors (Lipinski definition) is 3. The Kier molecular flexibility index (Phi) is 3.50. The summed E-state index contributed by atoms with van der Waals surface area (Å²) < 4.78 is 26.9. The van der Waals surface area contributed by atoms with Crippen LogP contribution in [0.15, 0.2) is 11.2 Å². The van der Waals surface area contributed by atoms with Crippen molar-refractivity contribution in [1.29, 1.82) is 0 Å². The van der Waals surface area contributed by atoms with Gasteiger partial charge in [-0.1, -0.05) is 6.42 Å². The Hall–Kier alpha value is -0.920. The molecular weight excluding hydrogens is 240 g/mol. The first-order valence-corrected chi connectivity index (χ1v) is 7.27. The summed E-state index contributed by atoms with van der Waals surface area (Å²) in [4.78, 5) is 0. The van der Waals surface area contributed by atoms with E-state index >= 15 is 0 Å². The van der Waals surface area contributed by atoms with E-state index in [0.29, 0.717) is 11.5 Å². The summed E-state index contributed by atoms with van der Waals surface area (Å²) in [5, 5.41) is 6.31. The number of sulfonamides is 1. The van der Waals surface area contributed by atoms with Crippen molar-refractivity contribution >= 4 is 10.0 Å². The Labute approximate surface area is 101 Å². The van der Waals surface area contributed by atoms with E-state index < -0.39 is 10.0 Å². The summed E-state index contributed by atoms with van der Waals surface area (Å²) in [6.07, 6.45) is 4.82. The van der Waals surface area contributed by atoms with Crippen molar-refractivity contribution < 1.29 is 8.42 Å². The smallest absolute Gasteiger partial charge is 0.258 e. The van der Waals surface area contributed by atoms with Crippen molar-refractivity contribution in [3.05, 3.63) is 11.8 Å². The molecule has 0 radical (unpaired) electrons. The molecule has 1 aromatic heterocycles. The third-order valence-electron chi connectivity index (χ3n) is 3.36. The molecule has 1 aliphatic carbocycles. The molecular formula is C10H18N4O2S. The zero-order chi connectivity index (χ0) is 12.5. The first-order chi connectivity index (χ1) is 8.04. The maximum Gasteiger partial charge on any atom is 0.258 e. The van der Waals surface area contributed by atoms with Gasteiger partial charge in [0.05, 0.1) is 6.20 Å². The minimum absolute atomic E-state index is 0.0392. The van der Waals surface area contributed by atoms with Crippen LogP contribution in [0.2, 0.25) is 0 Å². The molecule has 4 N–H and O–H groups in total. The Bertz CT molecular complexity index is 478. The van der Waals surface area contributed by atoms with Crippen molar-refractivity contribution in [2.45, 2.75) is 43.8 Å². The minimum atomic E-state index is -3.53. The van der Waals surface area contributed by atoms with Gasteiger partial charge in [-0.05, 0) is 25.7 Å². The highest BCUT2D eigenvalue weighted by atomic mass is 32.2. The number of H-pyrrole nitrogens is 1. The summed E-state index contributed by atoms with van der Waals surface area (Å²) in [5.41, 5.74) is 5.98. The normalized spacial score (nSPS) is 18.9. The first-order valence-electron chi connectivity index (χ1n) is 5.79. The molecule has 17 heavy (non-hydrogen) atoms. The van der Waals surface area contributed by atoms with Crippen LogP contribution in [-0.2, 0) is 16.6 Å². The van der Waals surface area contributed by atoms with Gasteiger partial charge >= 0.3 is 0 Å². The van der Waals surface area contributed by atoms with Crippen molar-refractivity contribution in [2.75, 3.05) is 0 Å². The molecule has 0 amide bonds. The third kappa shape index (κ3) is 2.51. The summed E-state index contributed by atoms with van der Waals surface area (Å²) in [5.74, 6) is 0.453.